The Morgan fingerprint density at radius 3 is 2.69 bits per heavy atom. The van der Waals surface area contributed by atoms with Gasteiger partial charge in [-0.05, 0) is 31.7 Å². The Bertz CT molecular complexity index is 319. The highest BCUT2D eigenvalue weighted by atomic mass is 16.5. The summed E-state index contributed by atoms with van der Waals surface area (Å²) in [6.07, 6.45) is 9.53. The predicted molar refractivity (Wildman–Crippen MR) is 62.3 cm³/mol. The Balaban J connectivity index is 1.96. The quantitative estimate of drug-likeness (QED) is 0.798. The lowest BCUT2D eigenvalue weighted by atomic mass is 10.1. The Labute approximate surface area is 96.5 Å². The number of hydrogen-bond donors (Lipinski definition) is 1. The summed E-state index contributed by atoms with van der Waals surface area (Å²) in [6, 6.07) is 3.69. The molecule has 0 aromatic carbocycles. The van der Waals surface area contributed by atoms with Gasteiger partial charge in [-0.15, -0.1) is 0 Å². The topological polar surface area (TPSA) is 42.4 Å². The van der Waals surface area contributed by atoms with E-state index in [-0.39, 0.29) is 6.61 Å². The normalized spacial score (nSPS) is 18.1. The van der Waals surface area contributed by atoms with E-state index in [1.165, 1.54) is 25.7 Å². The molecule has 0 amide bonds. The summed E-state index contributed by atoms with van der Waals surface area (Å²) in [7, 11) is 0. The van der Waals surface area contributed by atoms with Gasteiger partial charge >= 0.3 is 0 Å². The summed E-state index contributed by atoms with van der Waals surface area (Å²) in [5, 5.41) is 8.99. The van der Waals surface area contributed by atoms with Crippen LogP contribution in [0.3, 0.4) is 0 Å². The fourth-order valence-electron chi connectivity index (χ4n) is 2.17. The maximum Gasteiger partial charge on any atom is 0.123 e. The smallest absolute Gasteiger partial charge is 0.123 e. The van der Waals surface area contributed by atoms with Crippen LogP contribution in [0.4, 0.5) is 0 Å². The zero-order valence-electron chi connectivity index (χ0n) is 9.56. The number of hydrogen-bond acceptors (Lipinski definition) is 3. The second-order valence-corrected chi connectivity index (χ2v) is 4.37. The van der Waals surface area contributed by atoms with Crippen molar-refractivity contribution in [3.05, 3.63) is 24.0 Å². The summed E-state index contributed by atoms with van der Waals surface area (Å²) < 4.78 is 5.93. The summed E-state index contributed by atoms with van der Waals surface area (Å²) in [4.78, 5) is 4.04. The van der Waals surface area contributed by atoms with Gasteiger partial charge in [0.25, 0.3) is 0 Å². The molecular weight excluding hydrogens is 202 g/mol. The highest BCUT2D eigenvalue weighted by molar-refractivity contribution is 5.22. The van der Waals surface area contributed by atoms with Crippen molar-refractivity contribution < 1.29 is 9.84 Å². The van der Waals surface area contributed by atoms with E-state index in [0.29, 0.717) is 11.8 Å². The molecule has 1 fully saturated rings. The molecule has 1 heterocycles. The first-order valence-corrected chi connectivity index (χ1v) is 6.11. The number of nitrogens with zero attached hydrogens (tertiary/aromatic N) is 1. The lowest BCUT2D eigenvalue weighted by Gasteiger charge is -2.17. The molecule has 1 aliphatic carbocycles. The summed E-state index contributed by atoms with van der Waals surface area (Å²) in [5.74, 6) is 0.839. The molecular formula is C13H19NO2. The molecule has 0 aliphatic heterocycles. The van der Waals surface area contributed by atoms with Crippen LogP contribution in [0.15, 0.2) is 18.3 Å². The molecule has 1 aromatic heterocycles. The lowest BCUT2D eigenvalue weighted by molar-refractivity contribution is 0.182. The van der Waals surface area contributed by atoms with Gasteiger partial charge in [-0.1, -0.05) is 12.8 Å². The van der Waals surface area contributed by atoms with Gasteiger partial charge in [0.05, 0.1) is 18.4 Å². The zero-order chi connectivity index (χ0) is 11.2. The van der Waals surface area contributed by atoms with E-state index < -0.39 is 0 Å². The van der Waals surface area contributed by atoms with Crippen molar-refractivity contribution in [1.29, 1.82) is 0 Å². The molecule has 0 unspecified atom stereocenters. The third-order valence-electron chi connectivity index (χ3n) is 3.05. The zero-order valence-corrected chi connectivity index (χ0v) is 9.56. The molecule has 16 heavy (non-hydrogen) atoms. The van der Waals surface area contributed by atoms with Crippen LogP contribution in [0.25, 0.3) is 0 Å². The number of aliphatic hydroxyl groups is 1. The molecule has 3 nitrogen and oxygen atoms in total. The molecule has 1 aromatic rings. The fraction of sp³-hybridized carbons (Fsp3) is 0.615. The van der Waals surface area contributed by atoms with Crippen molar-refractivity contribution in [1.82, 2.24) is 4.98 Å². The molecule has 0 spiro atoms. The van der Waals surface area contributed by atoms with Crippen LogP contribution in [0.5, 0.6) is 5.75 Å². The maximum atomic E-state index is 8.99. The van der Waals surface area contributed by atoms with Crippen molar-refractivity contribution in [3.63, 3.8) is 0 Å². The standard InChI is InChI=1S/C13H19NO2/c15-10-11-9-13(7-8-14-11)16-12-5-3-1-2-4-6-12/h7-9,12,15H,1-6,10H2. The van der Waals surface area contributed by atoms with Gasteiger partial charge < -0.3 is 9.84 Å². The highest BCUT2D eigenvalue weighted by Crippen LogP contribution is 2.22. The van der Waals surface area contributed by atoms with Crippen LogP contribution in [0.1, 0.15) is 44.2 Å². The highest BCUT2D eigenvalue weighted by Gasteiger charge is 2.13. The van der Waals surface area contributed by atoms with Gasteiger partial charge in [0.2, 0.25) is 0 Å². The van der Waals surface area contributed by atoms with Crippen LogP contribution < -0.4 is 4.74 Å². The van der Waals surface area contributed by atoms with E-state index in [9.17, 15) is 0 Å². The first-order valence-electron chi connectivity index (χ1n) is 6.11. The Morgan fingerprint density at radius 1 is 1.25 bits per heavy atom. The van der Waals surface area contributed by atoms with E-state index in [4.69, 9.17) is 9.84 Å². The maximum absolute atomic E-state index is 8.99. The molecule has 0 saturated heterocycles. The Morgan fingerprint density at radius 2 is 2.00 bits per heavy atom. The summed E-state index contributed by atoms with van der Waals surface area (Å²) in [5.41, 5.74) is 0.672. The summed E-state index contributed by atoms with van der Waals surface area (Å²) >= 11 is 0. The Hall–Kier alpha value is -1.09. The molecule has 88 valence electrons. The Kier molecular flexibility index (Phi) is 4.17. The molecule has 0 radical (unpaired) electrons. The van der Waals surface area contributed by atoms with Crippen LogP contribution >= 0.6 is 0 Å². The van der Waals surface area contributed by atoms with Gasteiger partial charge in [-0.25, -0.2) is 0 Å². The number of aromatic nitrogens is 1. The van der Waals surface area contributed by atoms with Crippen molar-refractivity contribution in [2.45, 2.75) is 51.2 Å². The number of aliphatic hydroxyl groups excluding tert-OH is 1. The van der Waals surface area contributed by atoms with Crippen molar-refractivity contribution in [2.75, 3.05) is 0 Å². The summed E-state index contributed by atoms with van der Waals surface area (Å²) in [6.45, 7) is -0.0259. The van der Waals surface area contributed by atoms with Crippen molar-refractivity contribution >= 4 is 0 Å². The van der Waals surface area contributed by atoms with Crippen LogP contribution in [0.2, 0.25) is 0 Å². The third kappa shape index (κ3) is 3.20. The van der Waals surface area contributed by atoms with E-state index in [1.54, 1.807) is 6.20 Å². The fourth-order valence-corrected chi connectivity index (χ4v) is 2.17. The average Bonchev–Trinajstić information content (AvgIpc) is 2.58. The SMILES string of the molecule is OCc1cc(OC2CCCCCC2)ccn1. The molecule has 2 rings (SSSR count). The largest absolute Gasteiger partial charge is 0.490 e. The van der Waals surface area contributed by atoms with Gasteiger partial charge in [-0.2, -0.15) is 0 Å². The van der Waals surface area contributed by atoms with E-state index >= 15 is 0 Å². The van der Waals surface area contributed by atoms with Gasteiger partial charge in [0.1, 0.15) is 5.75 Å². The second kappa shape index (κ2) is 5.85. The second-order valence-electron chi connectivity index (χ2n) is 4.37. The van der Waals surface area contributed by atoms with Gasteiger partial charge in [0.15, 0.2) is 0 Å². The van der Waals surface area contributed by atoms with Crippen molar-refractivity contribution in [3.8, 4) is 5.75 Å². The molecule has 0 bridgehead atoms. The first kappa shape index (κ1) is 11.4. The molecule has 1 saturated carbocycles. The number of rotatable bonds is 3. The predicted octanol–water partition coefficient (Wildman–Crippen LogP) is 2.68. The van der Waals surface area contributed by atoms with Crippen molar-refractivity contribution in [2.24, 2.45) is 0 Å². The molecule has 1 aliphatic rings. The van der Waals surface area contributed by atoms with E-state index in [1.807, 2.05) is 12.1 Å². The average molecular weight is 221 g/mol. The number of ether oxygens (including phenoxy) is 1. The van der Waals surface area contributed by atoms with E-state index in [0.717, 1.165) is 18.6 Å². The molecule has 3 heteroatoms. The number of pyridine rings is 1. The van der Waals surface area contributed by atoms with Gasteiger partial charge in [-0.3, -0.25) is 4.98 Å². The minimum atomic E-state index is -0.0259. The van der Waals surface area contributed by atoms with Crippen LogP contribution in [-0.2, 0) is 6.61 Å². The van der Waals surface area contributed by atoms with Gasteiger partial charge in [0, 0.05) is 12.3 Å². The minimum absolute atomic E-state index is 0.0259. The first-order chi connectivity index (χ1) is 7.88. The van der Waals surface area contributed by atoms with E-state index in [2.05, 4.69) is 4.98 Å². The van der Waals surface area contributed by atoms with Crippen LogP contribution in [-0.4, -0.2) is 16.2 Å². The molecule has 1 N–H and O–H groups in total. The third-order valence-corrected chi connectivity index (χ3v) is 3.05. The lowest BCUT2D eigenvalue weighted by Crippen LogP contribution is -2.15. The monoisotopic (exact) mass is 221 g/mol. The minimum Gasteiger partial charge on any atom is -0.490 e. The van der Waals surface area contributed by atoms with Crippen LogP contribution in [0, 0.1) is 0 Å². The molecule has 0 atom stereocenters.